The molecule has 2 N–H and O–H groups in total. The summed E-state index contributed by atoms with van der Waals surface area (Å²) in [5.74, 6) is 0.376. The van der Waals surface area contributed by atoms with E-state index in [0.29, 0.717) is 18.0 Å². The molecule has 1 aromatic rings. The first-order chi connectivity index (χ1) is 9.91. The monoisotopic (exact) mass is 312 g/mol. The van der Waals surface area contributed by atoms with Gasteiger partial charge in [-0.1, -0.05) is 6.92 Å². The number of hydrogen-bond acceptors (Lipinski definition) is 4. The topological polar surface area (TPSA) is 72.6 Å². The lowest BCUT2D eigenvalue weighted by Crippen LogP contribution is -2.39. The van der Waals surface area contributed by atoms with Crippen LogP contribution >= 0.6 is 0 Å². The standard InChI is InChI=1S/C15H24N2O3S/c1-4-13-8-6-11(3)17(13)21(18,19)15-10-12(16)7-9-14(15)20-5-2/h7,9-11,13H,4-6,8,16H2,1-3H3. The van der Waals surface area contributed by atoms with Crippen LogP contribution < -0.4 is 10.5 Å². The fraction of sp³-hybridized carbons (Fsp3) is 0.600. The van der Waals surface area contributed by atoms with Crippen molar-refractivity contribution in [1.82, 2.24) is 4.31 Å². The highest BCUT2D eigenvalue weighted by Gasteiger charge is 2.40. The number of nitrogen functional groups attached to an aromatic ring is 1. The first-order valence-corrected chi connectivity index (χ1v) is 8.91. The minimum absolute atomic E-state index is 0.0101. The Labute approximate surface area is 127 Å². The third-order valence-electron chi connectivity index (χ3n) is 4.01. The summed E-state index contributed by atoms with van der Waals surface area (Å²) in [5.41, 5.74) is 6.21. The quantitative estimate of drug-likeness (QED) is 0.848. The molecule has 21 heavy (non-hydrogen) atoms. The van der Waals surface area contributed by atoms with Crippen LogP contribution in [0.25, 0.3) is 0 Å². The van der Waals surface area contributed by atoms with Gasteiger partial charge in [-0.3, -0.25) is 0 Å². The van der Waals surface area contributed by atoms with Crippen molar-refractivity contribution < 1.29 is 13.2 Å². The van der Waals surface area contributed by atoms with Crippen LogP contribution in [0.2, 0.25) is 0 Å². The van der Waals surface area contributed by atoms with Gasteiger partial charge < -0.3 is 10.5 Å². The number of hydrogen-bond donors (Lipinski definition) is 1. The molecule has 0 saturated carbocycles. The van der Waals surface area contributed by atoms with Gasteiger partial charge in [-0.15, -0.1) is 0 Å². The van der Waals surface area contributed by atoms with E-state index in [4.69, 9.17) is 10.5 Å². The molecule has 1 saturated heterocycles. The average Bonchev–Trinajstić information content (AvgIpc) is 2.82. The Bertz CT molecular complexity index is 601. The highest BCUT2D eigenvalue weighted by Crippen LogP contribution is 2.36. The van der Waals surface area contributed by atoms with Crippen molar-refractivity contribution in [1.29, 1.82) is 0 Å². The van der Waals surface area contributed by atoms with Gasteiger partial charge in [0.15, 0.2) is 0 Å². The van der Waals surface area contributed by atoms with Gasteiger partial charge in [0.1, 0.15) is 10.6 Å². The molecule has 1 fully saturated rings. The molecule has 118 valence electrons. The maximum atomic E-state index is 13.1. The van der Waals surface area contributed by atoms with Crippen LogP contribution in [0.3, 0.4) is 0 Å². The Balaban J connectivity index is 2.50. The molecule has 6 heteroatoms. The average molecular weight is 312 g/mol. The van der Waals surface area contributed by atoms with E-state index in [2.05, 4.69) is 0 Å². The number of sulfonamides is 1. The number of benzene rings is 1. The van der Waals surface area contributed by atoms with E-state index in [0.717, 1.165) is 19.3 Å². The fourth-order valence-corrected chi connectivity index (χ4v) is 5.10. The highest BCUT2D eigenvalue weighted by molar-refractivity contribution is 7.89. The van der Waals surface area contributed by atoms with Crippen molar-refractivity contribution in [2.75, 3.05) is 12.3 Å². The molecular formula is C15H24N2O3S. The Morgan fingerprint density at radius 3 is 2.67 bits per heavy atom. The van der Waals surface area contributed by atoms with Crippen LogP contribution in [0.4, 0.5) is 5.69 Å². The van der Waals surface area contributed by atoms with Crippen molar-refractivity contribution in [2.24, 2.45) is 0 Å². The molecule has 1 aliphatic heterocycles. The minimum Gasteiger partial charge on any atom is -0.492 e. The first-order valence-electron chi connectivity index (χ1n) is 7.47. The van der Waals surface area contributed by atoms with E-state index < -0.39 is 10.0 Å². The van der Waals surface area contributed by atoms with Crippen LogP contribution in [0, 0.1) is 0 Å². The van der Waals surface area contributed by atoms with Crippen molar-refractivity contribution in [3.05, 3.63) is 18.2 Å². The van der Waals surface area contributed by atoms with Gasteiger partial charge in [-0.2, -0.15) is 4.31 Å². The molecule has 1 heterocycles. The summed E-state index contributed by atoms with van der Waals surface area (Å²) in [6.45, 7) is 6.23. The third-order valence-corrected chi connectivity index (χ3v) is 6.09. The minimum atomic E-state index is -3.60. The zero-order chi connectivity index (χ0) is 15.6. The first kappa shape index (κ1) is 16.1. The zero-order valence-corrected chi connectivity index (χ0v) is 13.7. The van der Waals surface area contributed by atoms with Crippen LogP contribution in [-0.2, 0) is 10.0 Å². The van der Waals surface area contributed by atoms with Crippen LogP contribution in [0.5, 0.6) is 5.75 Å². The van der Waals surface area contributed by atoms with Gasteiger partial charge in [-0.25, -0.2) is 8.42 Å². The summed E-state index contributed by atoms with van der Waals surface area (Å²) in [6, 6.07) is 4.86. The molecule has 0 aliphatic carbocycles. The molecular weight excluding hydrogens is 288 g/mol. The Morgan fingerprint density at radius 1 is 1.33 bits per heavy atom. The predicted molar refractivity (Wildman–Crippen MR) is 83.8 cm³/mol. The molecule has 5 nitrogen and oxygen atoms in total. The SMILES string of the molecule is CCOc1ccc(N)cc1S(=O)(=O)N1C(C)CCC1CC. The normalized spacial score (nSPS) is 23.4. The Hall–Kier alpha value is -1.27. The highest BCUT2D eigenvalue weighted by atomic mass is 32.2. The third kappa shape index (κ3) is 3.01. The van der Waals surface area contributed by atoms with Crippen molar-refractivity contribution in [3.63, 3.8) is 0 Å². The second kappa shape index (κ2) is 6.23. The number of anilines is 1. The van der Waals surface area contributed by atoms with Crippen LogP contribution in [-0.4, -0.2) is 31.4 Å². The van der Waals surface area contributed by atoms with Crippen LogP contribution in [0.1, 0.15) is 40.0 Å². The fourth-order valence-electron chi connectivity index (χ4n) is 2.98. The maximum absolute atomic E-state index is 13.1. The predicted octanol–water partition coefficient (Wildman–Crippen LogP) is 2.62. The summed E-state index contributed by atoms with van der Waals surface area (Å²) < 4.78 is 33.2. The van der Waals surface area contributed by atoms with Gasteiger partial charge in [-0.05, 0) is 51.3 Å². The molecule has 2 atom stereocenters. The number of rotatable bonds is 5. The second-order valence-corrected chi connectivity index (χ2v) is 7.27. The smallest absolute Gasteiger partial charge is 0.247 e. The van der Waals surface area contributed by atoms with Crippen molar-refractivity contribution in [3.8, 4) is 5.75 Å². The Kier molecular flexibility index (Phi) is 4.78. The van der Waals surface area contributed by atoms with Gasteiger partial charge >= 0.3 is 0 Å². The summed E-state index contributed by atoms with van der Waals surface area (Å²) in [6.07, 6.45) is 2.61. The lowest BCUT2D eigenvalue weighted by molar-refractivity contribution is 0.315. The van der Waals surface area contributed by atoms with Crippen LogP contribution in [0.15, 0.2) is 23.1 Å². The molecule has 0 spiro atoms. The lowest BCUT2D eigenvalue weighted by Gasteiger charge is -2.27. The van der Waals surface area contributed by atoms with Crippen molar-refractivity contribution in [2.45, 2.75) is 57.0 Å². The molecule has 0 bridgehead atoms. The summed E-state index contributed by atoms with van der Waals surface area (Å²) in [5, 5.41) is 0. The van der Waals surface area contributed by atoms with E-state index in [-0.39, 0.29) is 17.0 Å². The lowest BCUT2D eigenvalue weighted by atomic mass is 10.2. The van der Waals surface area contributed by atoms with Gasteiger partial charge in [0.05, 0.1) is 6.61 Å². The number of nitrogens with two attached hydrogens (primary N) is 1. The zero-order valence-electron chi connectivity index (χ0n) is 12.9. The van der Waals surface area contributed by atoms with E-state index in [1.165, 1.54) is 6.07 Å². The molecule has 2 unspecified atom stereocenters. The van der Waals surface area contributed by atoms with E-state index in [1.807, 2.05) is 20.8 Å². The largest absolute Gasteiger partial charge is 0.492 e. The van der Waals surface area contributed by atoms with Crippen molar-refractivity contribution >= 4 is 15.7 Å². The van der Waals surface area contributed by atoms with Gasteiger partial charge in [0.25, 0.3) is 0 Å². The molecule has 2 rings (SSSR count). The summed E-state index contributed by atoms with van der Waals surface area (Å²) in [4.78, 5) is 0.177. The van der Waals surface area contributed by atoms with E-state index in [1.54, 1.807) is 16.4 Å². The number of nitrogens with zero attached hydrogens (tertiary/aromatic N) is 1. The van der Waals surface area contributed by atoms with E-state index >= 15 is 0 Å². The molecule has 0 radical (unpaired) electrons. The number of ether oxygens (including phenoxy) is 1. The molecule has 1 aromatic carbocycles. The second-order valence-electron chi connectivity index (χ2n) is 5.46. The maximum Gasteiger partial charge on any atom is 0.247 e. The van der Waals surface area contributed by atoms with Gasteiger partial charge in [0, 0.05) is 17.8 Å². The van der Waals surface area contributed by atoms with Gasteiger partial charge in [0.2, 0.25) is 10.0 Å². The Morgan fingerprint density at radius 2 is 2.05 bits per heavy atom. The molecule has 1 aliphatic rings. The summed E-state index contributed by atoms with van der Waals surface area (Å²) >= 11 is 0. The summed E-state index contributed by atoms with van der Waals surface area (Å²) in [7, 11) is -3.60. The van der Waals surface area contributed by atoms with E-state index in [9.17, 15) is 8.42 Å². The molecule has 0 amide bonds. The molecule has 0 aromatic heterocycles.